The van der Waals surface area contributed by atoms with E-state index in [4.69, 9.17) is 0 Å². The largest absolute Gasteiger partial charge is 0.303 e. The molecule has 0 aromatic heterocycles. The van der Waals surface area contributed by atoms with Crippen molar-refractivity contribution in [2.24, 2.45) is 5.41 Å². The average molecular weight is 217 g/mol. The average Bonchev–Trinajstić information content (AvgIpc) is 2.24. The maximum atomic E-state index is 4.51. The first-order valence-electron chi connectivity index (χ1n) is 5.86. The van der Waals surface area contributed by atoms with Crippen LogP contribution in [0.15, 0.2) is 0 Å². The third-order valence-electron chi connectivity index (χ3n) is 3.76. The Hall–Kier alpha value is 0.310. The van der Waals surface area contributed by atoms with Crippen LogP contribution in [-0.4, -0.2) is 30.3 Å². The molecule has 1 unspecified atom stereocenters. The Kier molecular flexibility index (Phi) is 6.88. The van der Waals surface area contributed by atoms with Crippen LogP contribution >= 0.6 is 12.6 Å². The van der Waals surface area contributed by atoms with E-state index < -0.39 is 0 Å². The van der Waals surface area contributed by atoms with Gasteiger partial charge in [0.05, 0.1) is 0 Å². The molecule has 0 bridgehead atoms. The molecule has 0 aromatic rings. The maximum absolute atomic E-state index is 4.51. The number of thiol groups is 1. The topological polar surface area (TPSA) is 3.24 Å². The van der Waals surface area contributed by atoms with Gasteiger partial charge in [0, 0.05) is 12.6 Å². The molecule has 0 radical (unpaired) electrons. The third-order valence-corrected chi connectivity index (χ3v) is 4.43. The molecular weight excluding hydrogens is 190 g/mol. The van der Waals surface area contributed by atoms with Gasteiger partial charge in [0.15, 0.2) is 0 Å². The fraction of sp³-hybridized carbons (Fsp3) is 1.00. The molecule has 1 atom stereocenters. The SMILES string of the molecule is CCC(C)N(C)CC(CC)(CC)CS. The minimum absolute atomic E-state index is 0.418. The minimum Gasteiger partial charge on any atom is -0.303 e. The number of rotatable bonds is 7. The fourth-order valence-corrected chi connectivity index (χ4v) is 2.29. The van der Waals surface area contributed by atoms with Gasteiger partial charge in [-0.15, -0.1) is 0 Å². The molecule has 0 aliphatic heterocycles. The van der Waals surface area contributed by atoms with Crippen molar-refractivity contribution in [1.82, 2.24) is 4.90 Å². The van der Waals surface area contributed by atoms with Crippen molar-refractivity contribution in [1.29, 1.82) is 0 Å². The lowest BCUT2D eigenvalue weighted by Crippen LogP contribution is -2.40. The van der Waals surface area contributed by atoms with Crippen molar-refractivity contribution in [3.8, 4) is 0 Å². The molecule has 0 rings (SSSR count). The Labute approximate surface area is 95.7 Å². The molecule has 1 nitrogen and oxygen atoms in total. The molecular formula is C12H27NS. The lowest BCUT2D eigenvalue weighted by molar-refractivity contribution is 0.147. The molecule has 2 heteroatoms. The predicted octanol–water partition coefficient (Wildman–Crippen LogP) is 3.45. The van der Waals surface area contributed by atoms with Crippen LogP contribution in [0.3, 0.4) is 0 Å². The van der Waals surface area contributed by atoms with Crippen LogP contribution in [0.5, 0.6) is 0 Å². The normalized spacial score (nSPS) is 14.8. The summed E-state index contributed by atoms with van der Waals surface area (Å²) in [6, 6.07) is 0.687. The van der Waals surface area contributed by atoms with Gasteiger partial charge in [0.1, 0.15) is 0 Å². The van der Waals surface area contributed by atoms with E-state index in [1.54, 1.807) is 0 Å². The summed E-state index contributed by atoms with van der Waals surface area (Å²) in [4.78, 5) is 2.48. The minimum atomic E-state index is 0.418. The van der Waals surface area contributed by atoms with Gasteiger partial charge in [-0.3, -0.25) is 0 Å². The zero-order valence-corrected chi connectivity index (χ0v) is 11.4. The van der Waals surface area contributed by atoms with Crippen LogP contribution in [-0.2, 0) is 0 Å². The summed E-state index contributed by atoms with van der Waals surface area (Å²) in [5.41, 5.74) is 0.418. The van der Waals surface area contributed by atoms with Crippen LogP contribution in [0.2, 0.25) is 0 Å². The number of nitrogens with zero attached hydrogens (tertiary/aromatic N) is 1. The second-order valence-corrected chi connectivity index (χ2v) is 4.85. The molecule has 0 saturated carbocycles. The third kappa shape index (κ3) is 3.82. The van der Waals surface area contributed by atoms with Gasteiger partial charge >= 0.3 is 0 Å². The second-order valence-electron chi connectivity index (χ2n) is 4.54. The molecule has 0 saturated heterocycles. The molecule has 0 aromatic carbocycles. The van der Waals surface area contributed by atoms with Gasteiger partial charge in [-0.25, -0.2) is 0 Å². The van der Waals surface area contributed by atoms with Crippen LogP contribution in [0, 0.1) is 5.41 Å². The van der Waals surface area contributed by atoms with E-state index in [1.165, 1.54) is 25.8 Å². The van der Waals surface area contributed by atoms with Crippen molar-refractivity contribution in [2.75, 3.05) is 19.3 Å². The van der Waals surface area contributed by atoms with Crippen LogP contribution in [0.4, 0.5) is 0 Å². The zero-order chi connectivity index (χ0) is 11.2. The zero-order valence-electron chi connectivity index (χ0n) is 10.5. The fourth-order valence-electron chi connectivity index (χ4n) is 1.74. The van der Waals surface area contributed by atoms with Crippen LogP contribution in [0.25, 0.3) is 0 Å². The molecule has 0 fully saturated rings. The summed E-state index contributed by atoms with van der Waals surface area (Å²) >= 11 is 4.51. The molecule has 0 aliphatic carbocycles. The van der Waals surface area contributed by atoms with Crippen LogP contribution in [0.1, 0.15) is 47.0 Å². The van der Waals surface area contributed by atoms with E-state index in [1.807, 2.05) is 0 Å². The summed E-state index contributed by atoms with van der Waals surface area (Å²) in [7, 11) is 2.23. The van der Waals surface area contributed by atoms with Gasteiger partial charge in [-0.2, -0.15) is 12.6 Å². The quantitative estimate of drug-likeness (QED) is 0.639. The molecule has 14 heavy (non-hydrogen) atoms. The first-order valence-corrected chi connectivity index (χ1v) is 6.49. The molecule has 0 aliphatic rings. The molecule has 0 N–H and O–H groups in total. The van der Waals surface area contributed by atoms with E-state index in [-0.39, 0.29) is 0 Å². The van der Waals surface area contributed by atoms with Gasteiger partial charge in [-0.1, -0.05) is 20.8 Å². The summed E-state index contributed by atoms with van der Waals surface area (Å²) in [5, 5.41) is 0. The molecule has 0 amide bonds. The Bertz CT molecular complexity index is 135. The van der Waals surface area contributed by atoms with Gasteiger partial charge in [0.25, 0.3) is 0 Å². The van der Waals surface area contributed by atoms with E-state index in [2.05, 4.69) is 52.3 Å². The molecule has 0 heterocycles. The van der Waals surface area contributed by atoms with Crippen molar-refractivity contribution >= 4 is 12.6 Å². The Balaban J connectivity index is 4.28. The van der Waals surface area contributed by atoms with Crippen molar-refractivity contribution < 1.29 is 0 Å². The highest BCUT2D eigenvalue weighted by atomic mass is 32.1. The monoisotopic (exact) mass is 217 g/mol. The summed E-state index contributed by atoms with van der Waals surface area (Å²) in [6.45, 7) is 10.3. The van der Waals surface area contributed by atoms with E-state index in [0.29, 0.717) is 11.5 Å². The summed E-state index contributed by atoms with van der Waals surface area (Å²) in [6.07, 6.45) is 3.69. The first kappa shape index (κ1) is 14.3. The lowest BCUT2D eigenvalue weighted by Gasteiger charge is -2.37. The lowest BCUT2D eigenvalue weighted by atomic mass is 9.83. The van der Waals surface area contributed by atoms with Gasteiger partial charge in [0.2, 0.25) is 0 Å². The van der Waals surface area contributed by atoms with Gasteiger partial charge in [-0.05, 0) is 44.4 Å². The highest BCUT2D eigenvalue weighted by Crippen LogP contribution is 2.29. The Morgan fingerprint density at radius 2 is 1.71 bits per heavy atom. The van der Waals surface area contributed by atoms with Crippen LogP contribution < -0.4 is 0 Å². The Morgan fingerprint density at radius 3 is 2.00 bits per heavy atom. The number of hydrogen-bond acceptors (Lipinski definition) is 2. The van der Waals surface area contributed by atoms with Crippen molar-refractivity contribution in [3.05, 3.63) is 0 Å². The van der Waals surface area contributed by atoms with E-state index in [0.717, 1.165) is 5.75 Å². The summed E-state index contributed by atoms with van der Waals surface area (Å²) < 4.78 is 0. The Morgan fingerprint density at radius 1 is 1.21 bits per heavy atom. The van der Waals surface area contributed by atoms with Crippen molar-refractivity contribution in [2.45, 2.75) is 53.0 Å². The number of hydrogen-bond donors (Lipinski definition) is 1. The maximum Gasteiger partial charge on any atom is 0.00614 e. The standard InChI is InChI=1S/C12H27NS/c1-6-11(4)13(5)9-12(7-2,8-3)10-14/h11,14H,6-10H2,1-5H3. The summed E-state index contributed by atoms with van der Waals surface area (Å²) in [5.74, 6) is 1.00. The second kappa shape index (κ2) is 6.73. The predicted molar refractivity (Wildman–Crippen MR) is 69.3 cm³/mol. The van der Waals surface area contributed by atoms with E-state index in [9.17, 15) is 0 Å². The smallest absolute Gasteiger partial charge is 0.00614 e. The first-order chi connectivity index (χ1) is 6.55. The van der Waals surface area contributed by atoms with E-state index >= 15 is 0 Å². The van der Waals surface area contributed by atoms with Crippen molar-refractivity contribution in [3.63, 3.8) is 0 Å². The van der Waals surface area contributed by atoms with Gasteiger partial charge < -0.3 is 4.90 Å². The molecule has 86 valence electrons. The highest BCUT2D eigenvalue weighted by Gasteiger charge is 2.27. The molecule has 0 spiro atoms. The highest BCUT2D eigenvalue weighted by molar-refractivity contribution is 7.80.